The van der Waals surface area contributed by atoms with Crippen LogP contribution in [0.2, 0.25) is 0 Å². The van der Waals surface area contributed by atoms with E-state index in [1.54, 1.807) is 6.20 Å². The molecule has 2 aliphatic rings. The molecule has 0 spiro atoms. The molecule has 1 aliphatic carbocycles. The molecule has 2 N–H and O–H groups in total. The smallest absolute Gasteiger partial charge is 0.270 e. The minimum Gasteiger partial charge on any atom is -0.348 e. The molecule has 164 valence electrons. The lowest BCUT2D eigenvalue weighted by molar-refractivity contribution is 0.0946. The van der Waals surface area contributed by atoms with Crippen molar-refractivity contribution in [3.63, 3.8) is 0 Å². The van der Waals surface area contributed by atoms with Gasteiger partial charge in [0.1, 0.15) is 5.69 Å². The van der Waals surface area contributed by atoms with E-state index in [9.17, 15) is 9.59 Å². The Kier molecular flexibility index (Phi) is 5.57. The Morgan fingerprint density at radius 2 is 2.09 bits per heavy atom. The number of aromatic nitrogens is 3. The normalized spacial score (nSPS) is 16.7. The largest absolute Gasteiger partial charge is 0.348 e. The number of aromatic amines is 1. The molecule has 7 heteroatoms. The molecule has 3 aromatic heterocycles. The molecule has 0 aromatic carbocycles. The second-order valence-electron chi connectivity index (χ2n) is 8.65. The van der Waals surface area contributed by atoms with Crippen molar-refractivity contribution in [1.82, 2.24) is 25.2 Å². The molecule has 1 amide bonds. The minimum absolute atomic E-state index is 0.0332. The standard InChI is InChI=1S/C25H27N5O2/c1-2-17-12-22-23(29-24(17)31)11-16(13-26-22)15-30-9-7-18(8-10-30)19-3-6-21(27-14-19)25(32)28-20-4-5-20/h3,6-7,11-14,20H,2,4-5,8-10,15H2,1H3,(H,28,32)(H,29,31). The highest BCUT2D eigenvalue weighted by atomic mass is 16.2. The number of nitrogens with one attached hydrogen (secondary N) is 2. The number of nitrogens with zero attached hydrogens (tertiary/aromatic N) is 3. The number of carbonyl (C=O) groups excluding carboxylic acids is 1. The van der Waals surface area contributed by atoms with E-state index in [1.807, 2.05) is 37.4 Å². The summed E-state index contributed by atoms with van der Waals surface area (Å²) in [6, 6.07) is 8.04. The topological polar surface area (TPSA) is 91.0 Å². The van der Waals surface area contributed by atoms with Gasteiger partial charge in [0.05, 0.1) is 11.0 Å². The molecule has 5 rings (SSSR count). The Bertz CT molecular complexity index is 1240. The number of hydrogen-bond donors (Lipinski definition) is 2. The Hall–Kier alpha value is -3.32. The zero-order valence-electron chi connectivity index (χ0n) is 18.2. The molecule has 1 aliphatic heterocycles. The van der Waals surface area contributed by atoms with Gasteiger partial charge in [0.25, 0.3) is 11.5 Å². The van der Waals surface area contributed by atoms with Gasteiger partial charge in [-0.3, -0.25) is 24.5 Å². The number of carbonyl (C=O) groups is 1. The molecule has 0 bridgehead atoms. The Labute approximate surface area is 186 Å². The number of fused-ring (bicyclic) bond motifs is 1. The SMILES string of the molecule is CCc1cc2ncc(CN3CC=C(c4ccc(C(=O)NC5CC5)nc4)CC3)cc2[nH]c1=O. The highest BCUT2D eigenvalue weighted by Gasteiger charge is 2.24. The van der Waals surface area contributed by atoms with Crippen LogP contribution < -0.4 is 10.9 Å². The summed E-state index contributed by atoms with van der Waals surface area (Å²) in [5, 5.41) is 2.97. The van der Waals surface area contributed by atoms with E-state index in [1.165, 1.54) is 5.57 Å². The average molecular weight is 430 g/mol. The van der Waals surface area contributed by atoms with Crippen molar-refractivity contribution in [2.75, 3.05) is 13.1 Å². The maximum Gasteiger partial charge on any atom is 0.270 e. The van der Waals surface area contributed by atoms with E-state index in [0.717, 1.165) is 66.6 Å². The zero-order valence-corrected chi connectivity index (χ0v) is 18.2. The average Bonchev–Trinajstić information content (AvgIpc) is 3.63. The summed E-state index contributed by atoms with van der Waals surface area (Å²) in [5.74, 6) is -0.0842. The summed E-state index contributed by atoms with van der Waals surface area (Å²) in [7, 11) is 0. The minimum atomic E-state index is -0.0842. The van der Waals surface area contributed by atoms with Crippen molar-refractivity contribution in [3.05, 3.63) is 75.5 Å². The maximum atomic E-state index is 12.1. The molecular weight excluding hydrogens is 402 g/mol. The van der Waals surface area contributed by atoms with Crippen LogP contribution in [0.25, 0.3) is 16.6 Å². The first-order valence-corrected chi connectivity index (χ1v) is 11.3. The highest BCUT2D eigenvalue weighted by molar-refractivity contribution is 5.92. The quantitative estimate of drug-likeness (QED) is 0.628. The van der Waals surface area contributed by atoms with Gasteiger partial charge >= 0.3 is 0 Å². The number of H-pyrrole nitrogens is 1. The van der Waals surface area contributed by atoms with Crippen LogP contribution >= 0.6 is 0 Å². The van der Waals surface area contributed by atoms with Crippen molar-refractivity contribution in [2.45, 2.75) is 45.2 Å². The van der Waals surface area contributed by atoms with Gasteiger partial charge in [0, 0.05) is 43.6 Å². The number of aryl methyl sites for hydroxylation is 1. The lowest BCUT2D eigenvalue weighted by atomic mass is 10.0. The molecule has 7 nitrogen and oxygen atoms in total. The third-order valence-electron chi connectivity index (χ3n) is 6.19. The lowest BCUT2D eigenvalue weighted by Gasteiger charge is -2.26. The fourth-order valence-corrected chi connectivity index (χ4v) is 4.10. The van der Waals surface area contributed by atoms with Gasteiger partial charge < -0.3 is 10.3 Å². The third kappa shape index (κ3) is 4.48. The fourth-order valence-electron chi connectivity index (χ4n) is 4.10. The highest BCUT2D eigenvalue weighted by Crippen LogP contribution is 2.24. The van der Waals surface area contributed by atoms with Gasteiger partial charge in [-0.05, 0) is 60.6 Å². The van der Waals surface area contributed by atoms with Crippen LogP contribution in [-0.2, 0) is 13.0 Å². The number of hydrogen-bond acceptors (Lipinski definition) is 5. The molecular formula is C25H27N5O2. The number of rotatable bonds is 6. The molecule has 0 saturated heterocycles. The predicted molar refractivity (Wildman–Crippen MR) is 124 cm³/mol. The maximum absolute atomic E-state index is 12.1. The first-order chi connectivity index (χ1) is 15.6. The van der Waals surface area contributed by atoms with E-state index in [0.29, 0.717) is 18.2 Å². The van der Waals surface area contributed by atoms with Gasteiger partial charge in [-0.2, -0.15) is 0 Å². The van der Waals surface area contributed by atoms with Gasteiger partial charge in [0.2, 0.25) is 0 Å². The molecule has 1 saturated carbocycles. The lowest BCUT2D eigenvalue weighted by Crippen LogP contribution is -2.28. The summed E-state index contributed by atoms with van der Waals surface area (Å²) in [5.41, 5.74) is 6.24. The summed E-state index contributed by atoms with van der Waals surface area (Å²) < 4.78 is 0. The van der Waals surface area contributed by atoms with Crippen LogP contribution in [0.15, 0.2) is 47.5 Å². The molecule has 32 heavy (non-hydrogen) atoms. The van der Waals surface area contributed by atoms with Crippen molar-refractivity contribution in [3.8, 4) is 0 Å². The predicted octanol–water partition coefficient (Wildman–Crippen LogP) is 3.06. The fraction of sp³-hybridized carbons (Fsp3) is 0.360. The summed E-state index contributed by atoms with van der Waals surface area (Å²) >= 11 is 0. The van der Waals surface area contributed by atoms with Gasteiger partial charge in [-0.25, -0.2) is 0 Å². The van der Waals surface area contributed by atoms with E-state index in [2.05, 4.69) is 31.2 Å². The second kappa shape index (κ2) is 8.67. The zero-order chi connectivity index (χ0) is 22.1. The van der Waals surface area contributed by atoms with Crippen LogP contribution in [0.1, 0.15) is 53.4 Å². The van der Waals surface area contributed by atoms with Crippen LogP contribution in [-0.4, -0.2) is 44.9 Å². The van der Waals surface area contributed by atoms with Crippen molar-refractivity contribution < 1.29 is 4.79 Å². The van der Waals surface area contributed by atoms with E-state index >= 15 is 0 Å². The molecule has 0 unspecified atom stereocenters. The monoisotopic (exact) mass is 429 g/mol. The summed E-state index contributed by atoms with van der Waals surface area (Å²) in [6.45, 7) is 4.52. The Balaban J connectivity index is 1.23. The van der Waals surface area contributed by atoms with Gasteiger partial charge in [-0.15, -0.1) is 0 Å². The van der Waals surface area contributed by atoms with Crippen molar-refractivity contribution in [2.24, 2.45) is 0 Å². The van der Waals surface area contributed by atoms with E-state index < -0.39 is 0 Å². The molecule has 1 fully saturated rings. The molecule has 0 radical (unpaired) electrons. The van der Waals surface area contributed by atoms with Gasteiger partial charge in [0.15, 0.2) is 0 Å². The summed E-state index contributed by atoms with van der Waals surface area (Å²) in [4.78, 5) is 38.5. The number of amides is 1. The third-order valence-corrected chi connectivity index (χ3v) is 6.19. The second-order valence-corrected chi connectivity index (χ2v) is 8.65. The van der Waals surface area contributed by atoms with Gasteiger partial charge in [-0.1, -0.05) is 19.1 Å². The Morgan fingerprint density at radius 1 is 1.22 bits per heavy atom. The van der Waals surface area contributed by atoms with Crippen LogP contribution in [0.3, 0.4) is 0 Å². The van der Waals surface area contributed by atoms with Crippen LogP contribution in [0, 0.1) is 0 Å². The molecule has 0 atom stereocenters. The number of pyridine rings is 3. The van der Waals surface area contributed by atoms with Crippen molar-refractivity contribution in [1.29, 1.82) is 0 Å². The van der Waals surface area contributed by atoms with Crippen molar-refractivity contribution >= 4 is 22.5 Å². The van der Waals surface area contributed by atoms with E-state index in [4.69, 9.17) is 0 Å². The Morgan fingerprint density at radius 3 is 2.78 bits per heavy atom. The molecule has 4 heterocycles. The molecule has 3 aromatic rings. The first-order valence-electron chi connectivity index (χ1n) is 11.3. The van der Waals surface area contributed by atoms with E-state index in [-0.39, 0.29) is 11.5 Å². The van der Waals surface area contributed by atoms with Crippen LogP contribution in [0.4, 0.5) is 0 Å². The summed E-state index contributed by atoms with van der Waals surface area (Å²) in [6.07, 6.45) is 9.69. The van der Waals surface area contributed by atoms with Crippen LogP contribution in [0.5, 0.6) is 0 Å². The first kappa shape index (κ1) is 20.6.